The Hall–Kier alpha value is -2.36. The topological polar surface area (TPSA) is 53.0 Å². The molecule has 0 amide bonds. The fourth-order valence-electron chi connectivity index (χ4n) is 1.89. The lowest BCUT2D eigenvalue weighted by Crippen LogP contribution is -2.25. The van der Waals surface area contributed by atoms with Crippen LogP contribution in [-0.4, -0.2) is 5.16 Å². The number of fused-ring (bicyclic) bond motifs is 1. The van der Waals surface area contributed by atoms with Gasteiger partial charge in [-0.05, 0) is 27.8 Å². The maximum atomic E-state index is 11.2. The van der Waals surface area contributed by atoms with Crippen molar-refractivity contribution in [2.75, 3.05) is 0 Å². The van der Waals surface area contributed by atoms with Gasteiger partial charge in [0.25, 0.3) is 5.69 Å². The maximum Gasteiger partial charge on any atom is 0.251 e. The Labute approximate surface area is 97.6 Å². The van der Waals surface area contributed by atoms with Gasteiger partial charge < -0.3 is 5.21 Å². The van der Waals surface area contributed by atoms with Gasteiger partial charge in [0, 0.05) is 17.6 Å². The molecule has 0 bridgehead atoms. The van der Waals surface area contributed by atoms with Crippen molar-refractivity contribution < 1.29 is 9.53 Å². The van der Waals surface area contributed by atoms with Crippen LogP contribution in [0, 0.1) is 12.1 Å². The van der Waals surface area contributed by atoms with Gasteiger partial charge in [-0.1, -0.05) is 30.3 Å². The molecule has 84 valence electrons. The van der Waals surface area contributed by atoms with Crippen molar-refractivity contribution in [3.05, 3.63) is 53.4 Å². The molecule has 0 saturated heterocycles. The Balaban J connectivity index is 2.21. The van der Waals surface area contributed by atoms with Crippen LogP contribution in [0.3, 0.4) is 0 Å². The molecule has 0 spiro atoms. The van der Waals surface area contributed by atoms with Crippen LogP contribution in [0.25, 0.3) is 22.0 Å². The summed E-state index contributed by atoms with van der Waals surface area (Å²) in [5.74, 6) is 0. The number of hydrogen-bond donors (Lipinski definition) is 0. The van der Waals surface area contributed by atoms with Gasteiger partial charge >= 0.3 is 0 Å². The Morgan fingerprint density at radius 3 is 2.59 bits per heavy atom. The first kappa shape index (κ1) is 9.84. The summed E-state index contributed by atoms with van der Waals surface area (Å²) in [5.41, 5.74) is 1.95. The molecule has 0 fully saturated rings. The second-order valence-electron chi connectivity index (χ2n) is 3.93. The van der Waals surface area contributed by atoms with Crippen LogP contribution < -0.4 is 4.90 Å². The highest BCUT2D eigenvalue weighted by atomic mass is 16.8. The minimum atomic E-state index is 0.421. The second kappa shape index (κ2) is 3.59. The van der Waals surface area contributed by atoms with E-state index in [4.69, 9.17) is 0 Å². The molecule has 0 aliphatic carbocycles. The first-order valence-electron chi connectivity index (χ1n) is 5.31. The molecule has 1 aromatic heterocycles. The third-order valence-corrected chi connectivity index (χ3v) is 2.85. The summed E-state index contributed by atoms with van der Waals surface area (Å²) < 4.78 is 4.57. The molecule has 0 aliphatic rings. The Morgan fingerprint density at radius 1 is 1.12 bits per heavy atom. The molecule has 3 rings (SSSR count). The van der Waals surface area contributed by atoms with Gasteiger partial charge in [0.15, 0.2) is 0 Å². The zero-order valence-corrected chi connectivity index (χ0v) is 9.25. The summed E-state index contributed by atoms with van der Waals surface area (Å²) in [6, 6.07) is 14.0. The lowest BCUT2D eigenvalue weighted by Gasteiger charge is -1.98. The van der Waals surface area contributed by atoms with Crippen molar-refractivity contribution in [1.29, 1.82) is 0 Å². The van der Waals surface area contributed by atoms with Crippen molar-refractivity contribution >= 4 is 10.8 Å². The van der Waals surface area contributed by atoms with Gasteiger partial charge in [-0.15, -0.1) is 0 Å². The normalized spacial score (nSPS) is 10.9. The van der Waals surface area contributed by atoms with E-state index in [1.807, 2.05) is 42.5 Å². The third kappa shape index (κ3) is 1.54. The van der Waals surface area contributed by atoms with Crippen LogP contribution in [0.4, 0.5) is 0 Å². The predicted molar refractivity (Wildman–Crippen MR) is 63.1 cm³/mol. The SMILES string of the molecule is Cc1c(-c2ccc3ccccc3c2)no[n+]1[O-]. The molecule has 0 radical (unpaired) electrons. The highest BCUT2D eigenvalue weighted by Crippen LogP contribution is 2.23. The summed E-state index contributed by atoms with van der Waals surface area (Å²) in [7, 11) is 0. The van der Waals surface area contributed by atoms with E-state index in [2.05, 4.69) is 9.79 Å². The zero-order valence-electron chi connectivity index (χ0n) is 9.25. The summed E-state index contributed by atoms with van der Waals surface area (Å²) >= 11 is 0. The van der Waals surface area contributed by atoms with E-state index in [9.17, 15) is 5.21 Å². The molecule has 0 atom stereocenters. The number of hydrogen-bond acceptors (Lipinski definition) is 3. The van der Waals surface area contributed by atoms with E-state index in [1.54, 1.807) is 6.92 Å². The minimum Gasteiger partial charge on any atom is -0.359 e. The van der Waals surface area contributed by atoms with Crippen molar-refractivity contribution in [2.45, 2.75) is 6.92 Å². The summed E-state index contributed by atoms with van der Waals surface area (Å²) in [5, 5.41) is 17.2. The standard InChI is InChI=1S/C13H10N2O2/c1-9-13(14-17-15(9)16)12-7-6-10-4-2-3-5-11(10)8-12/h2-8H,1H3. The molecule has 0 aliphatic heterocycles. The van der Waals surface area contributed by atoms with Crippen molar-refractivity contribution in [3.63, 3.8) is 0 Å². The molecule has 17 heavy (non-hydrogen) atoms. The van der Waals surface area contributed by atoms with E-state index >= 15 is 0 Å². The summed E-state index contributed by atoms with van der Waals surface area (Å²) in [6.45, 7) is 1.69. The Bertz CT molecular complexity index is 689. The molecule has 0 saturated carbocycles. The molecule has 4 nitrogen and oxygen atoms in total. The van der Waals surface area contributed by atoms with Gasteiger partial charge in [0.1, 0.15) is 0 Å². The highest BCUT2D eigenvalue weighted by molar-refractivity contribution is 5.86. The smallest absolute Gasteiger partial charge is 0.251 e. The Morgan fingerprint density at radius 2 is 1.88 bits per heavy atom. The summed E-state index contributed by atoms with van der Waals surface area (Å²) in [6.07, 6.45) is 0. The molecule has 0 N–H and O–H groups in total. The molecule has 3 aromatic rings. The number of nitrogens with zero attached hydrogens (tertiary/aromatic N) is 2. The van der Waals surface area contributed by atoms with Gasteiger partial charge in [-0.3, -0.25) is 4.63 Å². The van der Waals surface area contributed by atoms with Crippen LogP contribution in [0.1, 0.15) is 5.69 Å². The van der Waals surface area contributed by atoms with E-state index < -0.39 is 0 Å². The molecular formula is C13H10N2O2. The fourth-order valence-corrected chi connectivity index (χ4v) is 1.89. The second-order valence-corrected chi connectivity index (χ2v) is 3.93. The highest BCUT2D eigenvalue weighted by Gasteiger charge is 2.16. The monoisotopic (exact) mass is 226 g/mol. The van der Waals surface area contributed by atoms with Crippen molar-refractivity contribution in [3.8, 4) is 11.3 Å². The van der Waals surface area contributed by atoms with Crippen molar-refractivity contribution in [1.82, 2.24) is 5.16 Å². The Kier molecular flexibility index (Phi) is 2.08. The van der Waals surface area contributed by atoms with Crippen molar-refractivity contribution in [2.24, 2.45) is 0 Å². The quantitative estimate of drug-likeness (QED) is 0.599. The van der Waals surface area contributed by atoms with Gasteiger partial charge in [0.2, 0.25) is 5.69 Å². The molecule has 1 heterocycles. The van der Waals surface area contributed by atoms with Gasteiger partial charge in [0.05, 0.1) is 0 Å². The third-order valence-electron chi connectivity index (χ3n) is 2.85. The number of rotatable bonds is 1. The minimum absolute atomic E-state index is 0.421. The molecule has 2 aromatic carbocycles. The van der Waals surface area contributed by atoms with Gasteiger partial charge in [-0.25, -0.2) is 0 Å². The lowest BCUT2D eigenvalue weighted by molar-refractivity contribution is -0.806. The first-order chi connectivity index (χ1) is 8.25. The molecular weight excluding hydrogens is 216 g/mol. The fraction of sp³-hybridized carbons (Fsp3) is 0.0769. The van der Waals surface area contributed by atoms with Crippen LogP contribution in [0.2, 0.25) is 0 Å². The number of aromatic nitrogens is 2. The average molecular weight is 226 g/mol. The lowest BCUT2D eigenvalue weighted by atomic mass is 10.0. The summed E-state index contributed by atoms with van der Waals surface area (Å²) in [4.78, 5) is 0.421. The maximum absolute atomic E-state index is 11.2. The predicted octanol–water partition coefficient (Wildman–Crippen LogP) is 2.44. The van der Waals surface area contributed by atoms with Crippen LogP contribution >= 0.6 is 0 Å². The van der Waals surface area contributed by atoms with Crippen LogP contribution in [-0.2, 0) is 0 Å². The number of benzene rings is 2. The van der Waals surface area contributed by atoms with E-state index in [1.165, 1.54) is 0 Å². The molecule has 4 heteroatoms. The van der Waals surface area contributed by atoms with Crippen LogP contribution in [0.5, 0.6) is 0 Å². The first-order valence-corrected chi connectivity index (χ1v) is 5.31. The van der Waals surface area contributed by atoms with Gasteiger partial charge in [-0.2, -0.15) is 0 Å². The zero-order chi connectivity index (χ0) is 11.8. The average Bonchev–Trinajstić information content (AvgIpc) is 2.70. The molecule has 0 unspecified atom stereocenters. The van der Waals surface area contributed by atoms with E-state index in [0.29, 0.717) is 16.3 Å². The largest absolute Gasteiger partial charge is 0.359 e. The van der Waals surface area contributed by atoms with Crippen LogP contribution in [0.15, 0.2) is 47.1 Å². The van der Waals surface area contributed by atoms with E-state index in [-0.39, 0.29) is 0 Å². The van der Waals surface area contributed by atoms with E-state index in [0.717, 1.165) is 16.3 Å².